The molecule has 0 amide bonds. The van der Waals surface area contributed by atoms with Crippen molar-refractivity contribution in [2.24, 2.45) is 5.92 Å². The zero-order valence-corrected chi connectivity index (χ0v) is 10.6. The van der Waals surface area contributed by atoms with Gasteiger partial charge in [0, 0.05) is 0 Å². The smallest absolute Gasteiger partial charge is 0.178 e. The largest absolute Gasteiger partial charge is 0.393 e. The molecule has 1 aromatic rings. The highest BCUT2D eigenvalue weighted by atomic mass is 32.2. The van der Waals surface area contributed by atoms with Crippen LogP contribution in [0.25, 0.3) is 0 Å². The Morgan fingerprint density at radius 3 is 2.41 bits per heavy atom. The van der Waals surface area contributed by atoms with Crippen LogP contribution in [0.1, 0.15) is 25.7 Å². The van der Waals surface area contributed by atoms with Crippen molar-refractivity contribution in [3.63, 3.8) is 0 Å². The van der Waals surface area contributed by atoms with Gasteiger partial charge in [-0.2, -0.15) is 0 Å². The second-order valence-electron chi connectivity index (χ2n) is 4.71. The number of aliphatic hydroxyl groups excluding tert-OH is 1. The standard InChI is InChI=1S/C13H18O3S/c14-13-9-5-4-6-11(13)10-17(15,16)12-7-2-1-3-8-12/h1-3,7-8,11,13-14H,4-6,9-10H2/t11-,13-/m1/s1. The minimum atomic E-state index is -3.25. The molecule has 2 atom stereocenters. The molecule has 1 fully saturated rings. The van der Waals surface area contributed by atoms with Crippen LogP contribution in [0.3, 0.4) is 0 Å². The first-order valence-corrected chi connectivity index (χ1v) is 7.71. The van der Waals surface area contributed by atoms with Crippen LogP contribution in [0.2, 0.25) is 0 Å². The highest BCUT2D eigenvalue weighted by molar-refractivity contribution is 7.91. The Morgan fingerprint density at radius 1 is 1.12 bits per heavy atom. The summed E-state index contributed by atoms with van der Waals surface area (Å²) in [7, 11) is -3.25. The molecule has 4 heteroatoms. The maximum Gasteiger partial charge on any atom is 0.178 e. The average Bonchev–Trinajstić information content (AvgIpc) is 2.33. The van der Waals surface area contributed by atoms with Crippen LogP contribution >= 0.6 is 0 Å². The third-order valence-corrected chi connectivity index (χ3v) is 5.26. The fourth-order valence-corrected chi connectivity index (χ4v) is 4.11. The van der Waals surface area contributed by atoms with E-state index in [1.165, 1.54) is 0 Å². The monoisotopic (exact) mass is 254 g/mol. The van der Waals surface area contributed by atoms with Gasteiger partial charge in [0.2, 0.25) is 0 Å². The van der Waals surface area contributed by atoms with E-state index in [1.807, 2.05) is 0 Å². The van der Waals surface area contributed by atoms with Crippen LogP contribution in [-0.2, 0) is 9.84 Å². The lowest BCUT2D eigenvalue weighted by Crippen LogP contribution is -2.30. The quantitative estimate of drug-likeness (QED) is 0.897. The summed E-state index contributed by atoms with van der Waals surface area (Å²) in [6.45, 7) is 0. The zero-order valence-electron chi connectivity index (χ0n) is 9.75. The maximum atomic E-state index is 12.1. The van der Waals surface area contributed by atoms with Gasteiger partial charge in [-0.25, -0.2) is 8.42 Å². The second-order valence-corrected chi connectivity index (χ2v) is 6.74. The molecule has 17 heavy (non-hydrogen) atoms. The van der Waals surface area contributed by atoms with E-state index in [0.717, 1.165) is 25.7 Å². The van der Waals surface area contributed by atoms with E-state index >= 15 is 0 Å². The number of hydrogen-bond donors (Lipinski definition) is 1. The average molecular weight is 254 g/mol. The molecule has 0 saturated heterocycles. The minimum absolute atomic E-state index is 0.0676. The number of hydrogen-bond acceptors (Lipinski definition) is 3. The molecule has 1 aromatic carbocycles. The van der Waals surface area contributed by atoms with Crippen molar-refractivity contribution in [1.29, 1.82) is 0 Å². The van der Waals surface area contributed by atoms with Crippen molar-refractivity contribution in [3.8, 4) is 0 Å². The molecule has 0 radical (unpaired) electrons. The summed E-state index contributed by atoms with van der Waals surface area (Å²) in [5.41, 5.74) is 0. The molecule has 0 heterocycles. The lowest BCUT2D eigenvalue weighted by Gasteiger charge is -2.27. The molecule has 2 rings (SSSR count). The van der Waals surface area contributed by atoms with Crippen LogP contribution in [0.15, 0.2) is 35.2 Å². The molecule has 0 spiro atoms. The van der Waals surface area contributed by atoms with Gasteiger partial charge in [-0.05, 0) is 30.9 Å². The predicted molar refractivity (Wildman–Crippen MR) is 66.5 cm³/mol. The molecular formula is C13H18O3S. The first-order valence-electron chi connectivity index (χ1n) is 6.05. The highest BCUT2D eigenvalue weighted by Crippen LogP contribution is 2.27. The van der Waals surface area contributed by atoms with Crippen molar-refractivity contribution in [1.82, 2.24) is 0 Å². The third kappa shape index (κ3) is 3.07. The third-order valence-electron chi connectivity index (χ3n) is 3.40. The Hall–Kier alpha value is -0.870. The number of sulfone groups is 1. The van der Waals surface area contributed by atoms with Gasteiger partial charge in [-0.3, -0.25) is 0 Å². The lowest BCUT2D eigenvalue weighted by atomic mass is 9.88. The zero-order chi connectivity index (χ0) is 12.3. The molecule has 0 unspecified atom stereocenters. The summed E-state index contributed by atoms with van der Waals surface area (Å²) in [5.74, 6) is -0.0352. The van der Waals surface area contributed by atoms with E-state index in [9.17, 15) is 13.5 Å². The van der Waals surface area contributed by atoms with Gasteiger partial charge in [0.25, 0.3) is 0 Å². The van der Waals surface area contributed by atoms with E-state index in [0.29, 0.717) is 4.90 Å². The molecular weight excluding hydrogens is 236 g/mol. The molecule has 0 aliphatic heterocycles. The summed E-state index contributed by atoms with van der Waals surface area (Å²) < 4.78 is 24.3. The first kappa shape index (κ1) is 12.6. The molecule has 94 valence electrons. The molecule has 1 N–H and O–H groups in total. The Morgan fingerprint density at radius 2 is 1.76 bits per heavy atom. The minimum Gasteiger partial charge on any atom is -0.393 e. The fourth-order valence-electron chi connectivity index (χ4n) is 2.39. The maximum absolute atomic E-state index is 12.1. The van der Waals surface area contributed by atoms with Gasteiger partial charge in [-0.15, -0.1) is 0 Å². The number of benzene rings is 1. The van der Waals surface area contributed by atoms with Crippen LogP contribution in [0.4, 0.5) is 0 Å². The Kier molecular flexibility index (Phi) is 3.84. The van der Waals surface area contributed by atoms with E-state index in [2.05, 4.69) is 0 Å². The van der Waals surface area contributed by atoms with E-state index < -0.39 is 15.9 Å². The van der Waals surface area contributed by atoms with Gasteiger partial charge < -0.3 is 5.11 Å². The van der Waals surface area contributed by atoms with Crippen molar-refractivity contribution in [3.05, 3.63) is 30.3 Å². The molecule has 0 bridgehead atoms. The summed E-state index contributed by atoms with van der Waals surface area (Å²) >= 11 is 0. The Bertz CT molecular complexity index is 453. The van der Waals surface area contributed by atoms with Gasteiger partial charge in [0.1, 0.15) is 0 Å². The first-order chi connectivity index (χ1) is 8.09. The molecule has 1 aliphatic carbocycles. The van der Waals surface area contributed by atoms with Crippen molar-refractivity contribution in [2.75, 3.05) is 5.75 Å². The van der Waals surface area contributed by atoms with Crippen LogP contribution in [0, 0.1) is 5.92 Å². The van der Waals surface area contributed by atoms with Gasteiger partial charge in [-0.1, -0.05) is 31.0 Å². The second kappa shape index (κ2) is 5.19. The molecule has 3 nitrogen and oxygen atoms in total. The Labute approximate surface area is 102 Å². The predicted octanol–water partition coefficient (Wildman–Crippen LogP) is 2.01. The van der Waals surface area contributed by atoms with E-state index in [-0.39, 0.29) is 11.7 Å². The SMILES string of the molecule is O=S(=O)(C[C@H]1CCCC[C@H]1O)c1ccccc1. The lowest BCUT2D eigenvalue weighted by molar-refractivity contribution is 0.0807. The molecule has 1 aliphatic rings. The summed E-state index contributed by atoms with van der Waals surface area (Å²) in [6, 6.07) is 8.48. The number of rotatable bonds is 3. The van der Waals surface area contributed by atoms with Crippen molar-refractivity contribution in [2.45, 2.75) is 36.7 Å². The highest BCUT2D eigenvalue weighted by Gasteiger charge is 2.28. The van der Waals surface area contributed by atoms with Gasteiger partial charge in [0.15, 0.2) is 9.84 Å². The fraction of sp³-hybridized carbons (Fsp3) is 0.538. The van der Waals surface area contributed by atoms with Crippen LogP contribution in [0.5, 0.6) is 0 Å². The normalized spacial score (nSPS) is 25.7. The van der Waals surface area contributed by atoms with Crippen LogP contribution < -0.4 is 0 Å². The number of aliphatic hydroxyl groups is 1. The van der Waals surface area contributed by atoms with E-state index in [4.69, 9.17) is 0 Å². The van der Waals surface area contributed by atoms with Crippen LogP contribution in [-0.4, -0.2) is 25.4 Å². The molecule has 1 saturated carbocycles. The van der Waals surface area contributed by atoms with Crippen molar-refractivity contribution >= 4 is 9.84 Å². The van der Waals surface area contributed by atoms with E-state index in [1.54, 1.807) is 30.3 Å². The topological polar surface area (TPSA) is 54.4 Å². The summed E-state index contributed by atoms with van der Waals surface area (Å²) in [5, 5.41) is 9.81. The summed E-state index contributed by atoms with van der Waals surface area (Å²) in [4.78, 5) is 0.359. The Balaban J connectivity index is 2.12. The van der Waals surface area contributed by atoms with Crippen molar-refractivity contribution < 1.29 is 13.5 Å². The van der Waals surface area contributed by atoms with Gasteiger partial charge >= 0.3 is 0 Å². The van der Waals surface area contributed by atoms with Gasteiger partial charge in [0.05, 0.1) is 16.8 Å². The summed E-state index contributed by atoms with van der Waals surface area (Å²) in [6.07, 6.45) is 3.11. The molecule has 0 aromatic heterocycles.